The van der Waals surface area contributed by atoms with Gasteiger partial charge in [0, 0.05) is 18.9 Å². The number of nitrogens with zero attached hydrogens (tertiary/aromatic N) is 2. The van der Waals surface area contributed by atoms with E-state index in [0.29, 0.717) is 18.2 Å². The van der Waals surface area contributed by atoms with Crippen LogP contribution in [0.5, 0.6) is 11.5 Å². The van der Waals surface area contributed by atoms with Crippen molar-refractivity contribution in [1.29, 1.82) is 0 Å². The fourth-order valence-electron chi connectivity index (χ4n) is 2.53. The molecule has 2 heterocycles. The molecule has 1 aliphatic rings. The standard InChI is InChI=1S/C19H15FN4O3/c20-14-3-1-2-4-15(14)24-18(25)13-9-22-19(23-10-13)21-8-12-5-6-16-17(7-12)27-11-26-16/h1-7,9-10H,8,11H2,(H,24,25)(H,21,22,23). The van der Waals surface area contributed by atoms with Crippen LogP contribution in [-0.4, -0.2) is 22.7 Å². The Bertz CT molecular complexity index is 979. The second-order valence-electron chi connectivity index (χ2n) is 5.77. The third-order valence-electron chi connectivity index (χ3n) is 3.92. The molecule has 0 radical (unpaired) electrons. The summed E-state index contributed by atoms with van der Waals surface area (Å²) in [6.45, 7) is 0.711. The van der Waals surface area contributed by atoms with E-state index in [0.717, 1.165) is 11.3 Å². The van der Waals surface area contributed by atoms with Crippen molar-refractivity contribution in [2.45, 2.75) is 6.54 Å². The molecular formula is C19H15FN4O3. The van der Waals surface area contributed by atoms with Gasteiger partial charge in [0.1, 0.15) is 5.82 Å². The minimum atomic E-state index is -0.506. The summed E-state index contributed by atoms with van der Waals surface area (Å²) in [5.41, 5.74) is 1.31. The lowest BCUT2D eigenvalue weighted by atomic mass is 10.2. The lowest BCUT2D eigenvalue weighted by Crippen LogP contribution is -2.14. The molecule has 0 aliphatic carbocycles. The predicted molar refractivity (Wildman–Crippen MR) is 96.3 cm³/mol. The molecule has 1 aromatic heterocycles. The number of aromatic nitrogens is 2. The van der Waals surface area contributed by atoms with Crippen LogP contribution in [0.25, 0.3) is 0 Å². The van der Waals surface area contributed by atoms with Gasteiger partial charge in [-0.15, -0.1) is 0 Å². The Labute approximate surface area is 154 Å². The van der Waals surface area contributed by atoms with E-state index in [1.807, 2.05) is 18.2 Å². The molecular weight excluding hydrogens is 351 g/mol. The molecule has 3 aromatic rings. The van der Waals surface area contributed by atoms with Gasteiger partial charge in [-0.05, 0) is 29.8 Å². The quantitative estimate of drug-likeness (QED) is 0.721. The van der Waals surface area contributed by atoms with Crippen LogP contribution >= 0.6 is 0 Å². The third kappa shape index (κ3) is 3.79. The fraction of sp³-hybridized carbons (Fsp3) is 0.105. The van der Waals surface area contributed by atoms with Crippen LogP contribution in [0, 0.1) is 5.82 Å². The average Bonchev–Trinajstić information content (AvgIpc) is 3.16. The highest BCUT2D eigenvalue weighted by atomic mass is 19.1. The van der Waals surface area contributed by atoms with Crippen LogP contribution in [0.15, 0.2) is 54.9 Å². The first-order valence-electron chi connectivity index (χ1n) is 8.19. The molecule has 0 atom stereocenters. The number of hydrogen-bond acceptors (Lipinski definition) is 6. The van der Waals surface area contributed by atoms with Crippen LogP contribution in [0.4, 0.5) is 16.0 Å². The Morgan fingerprint density at radius 2 is 1.85 bits per heavy atom. The molecule has 2 N–H and O–H groups in total. The van der Waals surface area contributed by atoms with E-state index in [9.17, 15) is 9.18 Å². The summed E-state index contributed by atoms with van der Waals surface area (Å²) < 4.78 is 24.2. The minimum Gasteiger partial charge on any atom is -0.454 e. The summed E-state index contributed by atoms with van der Waals surface area (Å²) in [5, 5.41) is 5.55. The molecule has 1 amide bonds. The van der Waals surface area contributed by atoms with Crippen LogP contribution in [0.1, 0.15) is 15.9 Å². The normalized spacial score (nSPS) is 11.9. The molecule has 27 heavy (non-hydrogen) atoms. The van der Waals surface area contributed by atoms with Crippen molar-refractivity contribution < 1.29 is 18.7 Å². The summed E-state index contributed by atoms with van der Waals surface area (Å²) in [6.07, 6.45) is 2.76. The SMILES string of the molecule is O=C(Nc1ccccc1F)c1cnc(NCc2ccc3c(c2)OCO3)nc1. The number of rotatable bonds is 5. The van der Waals surface area contributed by atoms with E-state index in [1.165, 1.54) is 24.5 Å². The van der Waals surface area contributed by atoms with Crippen molar-refractivity contribution in [3.05, 3.63) is 71.8 Å². The number of carbonyl (C=O) groups is 1. The zero-order chi connectivity index (χ0) is 18.6. The summed E-state index contributed by atoms with van der Waals surface area (Å²) in [4.78, 5) is 20.4. The maximum absolute atomic E-state index is 13.6. The van der Waals surface area contributed by atoms with Gasteiger partial charge in [0.15, 0.2) is 11.5 Å². The minimum absolute atomic E-state index is 0.104. The van der Waals surface area contributed by atoms with Crippen LogP contribution in [0.2, 0.25) is 0 Å². The van der Waals surface area contributed by atoms with E-state index in [4.69, 9.17) is 9.47 Å². The molecule has 8 heteroatoms. The number of para-hydroxylation sites is 1. The molecule has 0 bridgehead atoms. The van der Waals surface area contributed by atoms with Crippen molar-refractivity contribution in [1.82, 2.24) is 9.97 Å². The van der Waals surface area contributed by atoms with Gasteiger partial charge in [0.25, 0.3) is 5.91 Å². The summed E-state index contributed by atoms with van der Waals surface area (Å²) in [7, 11) is 0. The number of amides is 1. The van der Waals surface area contributed by atoms with E-state index in [2.05, 4.69) is 20.6 Å². The van der Waals surface area contributed by atoms with Gasteiger partial charge in [-0.2, -0.15) is 0 Å². The molecule has 0 unspecified atom stereocenters. The van der Waals surface area contributed by atoms with Crippen LogP contribution in [0.3, 0.4) is 0 Å². The summed E-state index contributed by atoms with van der Waals surface area (Å²) in [5.74, 6) is 0.807. The van der Waals surface area contributed by atoms with Crippen molar-refractivity contribution in [3.63, 3.8) is 0 Å². The fourth-order valence-corrected chi connectivity index (χ4v) is 2.53. The number of anilines is 2. The lowest BCUT2D eigenvalue weighted by Gasteiger charge is -2.08. The molecule has 0 saturated carbocycles. The van der Waals surface area contributed by atoms with E-state index >= 15 is 0 Å². The first-order chi connectivity index (χ1) is 13.2. The van der Waals surface area contributed by atoms with Gasteiger partial charge in [-0.25, -0.2) is 14.4 Å². The van der Waals surface area contributed by atoms with Gasteiger partial charge < -0.3 is 20.1 Å². The Hall–Kier alpha value is -3.68. The molecule has 7 nitrogen and oxygen atoms in total. The van der Waals surface area contributed by atoms with Crippen LogP contribution in [-0.2, 0) is 6.54 Å². The van der Waals surface area contributed by atoms with E-state index < -0.39 is 11.7 Å². The summed E-state index contributed by atoms with van der Waals surface area (Å²) >= 11 is 0. The smallest absolute Gasteiger partial charge is 0.258 e. The predicted octanol–water partition coefficient (Wildman–Crippen LogP) is 3.21. The molecule has 0 saturated heterocycles. The van der Waals surface area contributed by atoms with Crippen molar-refractivity contribution in [2.24, 2.45) is 0 Å². The highest BCUT2D eigenvalue weighted by molar-refractivity contribution is 6.03. The molecule has 4 rings (SSSR count). The first-order valence-corrected chi connectivity index (χ1v) is 8.19. The lowest BCUT2D eigenvalue weighted by molar-refractivity contribution is 0.102. The maximum Gasteiger partial charge on any atom is 0.258 e. The number of halogens is 1. The Balaban J connectivity index is 1.37. The zero-order valence-corrected chi connectivity index (χ0v) is 14.1. The van der Waals surface area contributed by atoms with Gasteiger partial charge in [-0.1, -0.05) is 18.2 Å². The molecule has 2 aromatic carbocycles. The van der Waals surface area contributed by atoms with Crippen molar-refractivity contribution in [2.75, 3.05) is 17.4 Å². The number of carbonyl (C=O) groups excluding carboxylic acids is 1. The van der Waals surface area contributed by atoms with Gasteiger partial charge in [0.05, 0.1) is 11.3 Å². The highest BCUT2D eigenvalue weighted by Crippen LogP contribution is 2.32. The topological polar surface area (TPSA) is 85.4 Å². The number of benzene rings is 2. The van der Waals surface area contributed by atoms with E-state index in [1.54, 1.807) is 12.1 Å². The number of hydrogen-bond donors (Lipinski definition) is 2. The Morgan fingerprint density at radius 3 is 2.67 bits per heavy atom. The maximum atomic E-state index is 13.6. The second-order valence-corrected chi connectivity index (χ2v) is 5.77. The largest absolute Gasteiger partial charge is 0.454 e. The van der Waals surface area contributed by atoms with Crippen molar-refractivity contribution in [3.8, 4) is 11.5 Å². The first kappa shape index (κ1) is 16.8. The van der Waals surface area contributed by atoms with Crippen LogP contribution < -0.4 is 20.1 Å². The third-order valence-corrected chi connectivity index (χ3v) is 3.92. The number of fused-ring (bicyclic) bond motifs is 1. The number of nitrogens with one attached hydrogen (secondary N) is 2. The van der Waals surface area contributed by atoms with E-state index in [-0.39, 0.29) is 18.0 Å². The summed E-state index contributed by atoms with van der Waals surface area (Å²) in [6, 6.07) is 11.6. The van der Waals surface area contributed by atoms with Gasteiger partial charge >= 0.3 is 0 Å². The van der Waals surface area contributed by atoms with Crippen molar-refractivity contribution >= 4 is 17.5 Å². The monoisotopic (exact) mass is 366 g/mol. The molecule has 0 fully saturated rings. The molecule has 0 spiro atoms. The number of ether oxygens (including phenoxy) is 2. The Morgan fingerprint density at radius 1 is 1.07 bits per heavy atom. The van der Waals surface area contributed by atoms with Gasteiger partial charge in [-0.3, -0.25) is 4.79 Å². The average molecular weight is 366 g/mol. The molecule has 1 aliphatic heterocycles. The Kier molecular flexibility index (Phi) is 4.52. The zero-order valence-electron chi connectivity index (χ0n) is 14.1. The molecule has 136 valence electrons. The van der Waals surface area contributed by atoms with Gasteiger partial charge in [0.2, 0.25) is 12.7 Å². The second kappa shape index (κ2) is 7.28. The highest BCUT2D eigenvalue weighted by Gasteiger charge is 2.13.